The standard InChI is InChI=1S/C13H23N5O/c19-13(11-18-9-2-4-14-8-10-18)17-5-1-3-12-15-6-7-16-12/h6-7,14H,1-5,8-11H2,(H,15,16)(H,17,19). The molecule has 0 spiro atoms. The molecule has 6 heteroatoms. The van der Waals surface area contributed by atoms with Crippen molar-refractivity contribution in [3.63, 3.8) is 0 Å². The summed E-state index contributed by atoms with van der Waals surface area (Å²) in [6.07, 6.45) is 6.48. The highest BCUT2D eigenvalue weighted by Crippen LogP contribution is 1.96. The van der Waals surface area contributed by atoms with Gasteiger partial charge in [0.25, 0.3) is 0 Å². The maximum atomic E-state index is 11.8. The fourth-order valence-corrected chi connectivity index (χ4v) is 2.24. The van der Waals surface area contributed by atoms with Crippen molar-refractivity contribution in [1.29, 1.82) is 0 Å². The summed E-state index contributed by atoms with van der Waals surface area (Å²) in [6, 6.07) is 0. The van der Waals surface area contributed by atoms with Crippen LogP contribution in [0, 0.1) is 0 Å². The van der Waals surface area contributed by atoms with Crippen LogP contribution in [0.15, 0.2) is 12.4 Å². The highest BCUT2D eigenvalue weighted by molar-refractivity contribution is 5.77. The van der Waals surface area contributed by atoms with E-state index in [-0.39, 0.29) is 5.91 Å². The average molecular weight is 265 g/mol. The summed E-state index contributed by atoms with van der Waals surface area (Å²) < 4.78 is 0. The van der Waals surface area contributed by atoms with Crippen molar-refractivity contribution in [3.8, 4) is 0 Å². The van der Waals surface area contributed by atoms with Gasteiger partial charge in [-0.1, -0.05) is 0 Å². The first-order valence-corrected chi connectivity index (χ1v) is 7.02. The van der Waals surface area contributed by atoms with Crippen molar-refractivity contribution in [1.82, 2.24) is 25.5 Å². The van der Waals surface area contributed by atoms with Crippen LogP contribution >= 0.6 is 0 Å². The van der Waals surface area contributed by atoms with Gasteiger partial charge in [0, 0.05) is 38.4 Å². The van der Waals surface area contributed by atoms with Gasteiger partial charge >= 0.3 is 0 Å². The van der Waals surface area contributed by atoms with Crippen molar-refractivity contribution in [2.45, 2.75) is 19.3 Å². The molecular weight excluding hydrogens is 242 g/mol. The van der Waals surface area contributed by atoms with Gasteiger partial charge in [0.15, 0.2) is 0 Å². The lowest BCUT2D eigenvalue weighted by Gasteiger charge is -2.18. The third-order valence-corrected chi connectivity index (χ3v) is 3.27. The van der Waals surface area contributed by atoms with E-state index in [1.165, 1.54) is 0 Å². The summed E-state index contributed by atoms with van der Waals surface area (Å²) >= 11 is 0. The first-order chi connectivity index (χ1) is 9.34. The second kappa shape index (κ2) is 7.91. The second-order valence-electron chi connectivity index (χ2n) is 4.87. The number of rotatable bonds is 6. The van der Waals surface area contributed by atoms with Crippen LogP contribution in [-0.2, 0) is 11.2 Å². The van der Waals surface area contributed by atoms with Crippen LogP contribution in [0.3, 0.4) is 0 Å². The molecule has 1 saturated heterocycles. The van der Waals surface area contributed by atoms with E-state index in [1.807, 2.05) is 6.20 Å². The van der Waals surface area contributed by atoms with Crippen molar-refractivity contribution in [2.75, 3.05) is 39.3 Å². The Morgan fingerprint density at radius 2 is 2.37 bits per heavy atom. The predicted octanol–water partition coefficient (Wildman–Crippen LogP) is -0.246. The molecule has 1 aromatic heterocycles. The number of carbonyl (C=O) groups excluding carboxylic acids is 1. The Bertz CT molecular complexity index is 357. The molecule has 2 rings (SSSR count). The molecule has 1 fully saturated rings. The number of aryl methyl sites for hydroxylation is 1. The lowest BCUT2D eigenvalue weighted by Crippen LogP contribution is -2.39. The van der Waals surface area contributed by atoms with Gasteiger partial charge in [-0.15, -0.1) is 0 Å². The van der Waals surface area contributed by atoms with E-state index in [0.717, 1.165) is 51.3 Å². The minimum absolute atomic E-state index is 0.126. The third kappa shape index (κ3) is 5.40. The van der Waals surface area contributed by atoms with E-state index in [1.54, 1.807) is 6.20 Å². The van der Waals surface area contributed by atoms with Crippen LogP contribution in [0.1, 0.15) is 18.7 Å². The van der Waals surface area contributed by atoms with Crippen LogP contribution in [0.5, 0.6) is 0 Å². The predicted molar refractivity (Wildman–Crippen MR) is 73.8 cm³/mol. The molecule has 0 saturated carbocycles. The molecule has 2 heterocycles. The molecule has 6 nitrogen and oxygen atoms in total. The number of carbonyl (C=O) groups is 1. The summed E-state index contributed by atoms with van der Waals surface area (Å²) in [5.74, 6) is 1.11. The second-order valence-corrected chi connectivity index (χ2v) is 4.87. The number of H-pyrrole nitrogens is 1. The molecule has 19 heavy (non-hydrogen) atoms. The zero-order valence-electron chi connectivity index (χ0n) is 11.3. The molecule has 1 aromatic rings. The monoisotopic (exact) mass is 265 g/mol. The number of amides is 1. The number of nitrogens with zero attached hydrogens (tertiary/aromatic N) is 2. The Labute approximate surface area is 114 Å². The van der Waals surface area contributed by atoms with Crippen molar-refractivity contribution in [2.24, 2.45) is 0 Å². The number of hydrogen-bond acceptors (Lipinski definition) is 4. The van der Waals surface area contributed by atoms with E-state index in [0.29, 0.717) is 13.1 Å². The molecular formula is C13H23N5O. The third-order valence-electron chi connectivity index (χ3n) is 3.27. The first kappa shape index (κ1) is 14.0. The molecule has 106 valence electrons. The highest BCUT2D eigenvalue weighted by Gasteiger charge is 2.11. The van der Waals surface area contributed by atoms with Gasteiger partial charge in [0.2, 0.25) is 5.91 Å². The van der Waals surface area contributed by atoms with Gasteiger partial charge in [-0.05, 0) is 25.9 Å². The molecule has 1 aliphatic heterocycles. The summed E-state index contributed by atoms with van der Waals surface area (Å²) in [6.45, 7) is 5.23. The van der Waals surface area contributed by atoms with Crippen molar-refractivity contribution in [3.05, 3.63) is 18.2 Å². The van der Waals surface area contributed by atoms with Crippen molar-refractivity contribution < 1.29 is 4.79 Å². The maximum Gasteiger partial charge on any atom is 0.234 e. The SMILES string of the molecule is O=C(CN1CCCNCC1)NCCCc1ncc[nH]1. The number of aromatic amines is 1. The van der Waals surface area contributed by atoms with Gasteiger partial charge in [-0.2, -0.15) is 0 Å². The normalized spacial score (nSPS) is 17.1. The van der Waals surface area contributed by atoms with Gasteiger partial charge in [-0.3, -0.25) is 9.69 Å². The topological polar surface area (TPSA) is 73.1 Å². The van der Waals surface area contributed by atoms with Crippen LogP contribution in [0.25, 0.3) is 0 Å². The highest BCUT2D eigenvalue weighted by atomic mass is 16.2. The van der Waals surface area contributed by atoms with Gasteiger partial charge in [-0.25, -0.2) is 4.98 Å². The average Bonchev–Trinajstić information content (AvgIpc) is 2.79. The summed E-state index contributed by atoms with van der Waals surface area (Å²) in [5, 5.41) is 6.30. The minimum Gasteiger partial charge on any atom is -0.355 e. The zero-order valence-corrected chi connectivity index (χ0v) is 11.3. The number of imidazole rings is 1. The Hall–Kier alpha value is -1.40. The molecule has 0 radical (unpaired) electrons. The van der Waals surface area contributed by atoms with E-state index in [9.17, 15) is 4.79 Å². The molecule has 0 bridgehead atoms. The Morgan fingerprint density at radius 3 is 3.21 bits per heavy atom. The van der Waals surface area contributed by atoms with E-state index in [2.05, 4.69) is 25.5 Å². The molecule has 0 unspecified atom stereocenters. The van der Waals surface area contributed by atoms with Gasteiger partial charge in [0.1, 0.15) is 5.82 Å². The molecule has 0 atom stereocenters. The molecule has 3 N–H and O–H groups in total. The zero-order chi connectivity index (χ0) is 13.3. The molecule has 0 aromatic carbocycles. The largest absolute Gasteiger partial charge is 0.355 e. The number of nitrogens with one attached hydrogen (secondary N) is 3. The fraction of sp³-hybridized carbons (Fsp3) is 0.692. The Balaban J connectivity index is 1.56. The van der Waals surface area contributed by atoms with Gasteiger partial charge in [0.05, 0.1) is 6.54 Å². The number of aromatic nitrogens is 2. The van der Waals surface area contributed by atoms with Crippen LogP contribution in [0.2, 0.25) is 0 Å². The van der Waals surface area contributed by atoms with Crippen molar-refractivity contribution >= 4 is 5.91 Å². The van der Waals surface area contributed by atoms with Crippen LogP contribution in [0.4, 0.5) is 0 Å². The Morgan fingerprint density at radius 1 is 1.42 bits per heavy atom. The summed E-state index contributed by atoms with van der Waals surface area (Å²) in [5.41, 5.74) is 0. The minimum atomic E-state index is 0.126. The van der Waals surface area contributed by atoms with Crippen LogP contribution in [-0.4, -0.2) is 60.0 Å². The fourth-order valence-electron chi connectivity index (χ4n) is 2.24. The Kier molecular flexibility index (Phi) is 5.84. The van der Waals surface area contributed by atoms with E-state index >= 15 is 0 Å². The quantitative estimate of drug-likeness (QED) is 0.620. The van der Waals surface area contributed by atoms with Gasteiger partial charge < -0.3 is 15.6 Å². The molecule has 0 aliphatic carbocycles. The summed E-state index contributed by atoms with van der Waals surface area (Å²) in [7, 11) is 0. The smallest absolute Gasteiger partial charge is 0.234 e. The number of hydrogen-bond donors (Lipinski definition) is 3. The maximum absolute atomic E-state index is 11.8. The molecule has 1 amide bonds. The lowest BCUT2D eigenvalue weighted by molar-refractivity contribution is -0.122. The molecule has 1 aliphatic rings. The summed E-state index contributed by atoms with van der Waals surface area (Å²) in [4.78, 5) is 21.2. The van der Waals surface area contributed by atoms with E-state index in [4.69, 9.17) is 0 Å². The lowest BCUT2D eigenvalue weighted by atomic mass is 10.3. The van der Waals surface area contributed by atoms with Crippen LogP contribution < -0.4 is 10.6 Å². The first-order valence-electron chi connectivity index (χ1n) is 7.02. The van der Waals surface area contributed by atoms with E-state index < -0.39 is 0 Å².